The second-order valence-electron chi connectivity index (χ2n) is 4.45. The molecule has 2 nitrogen and oxygen atoms in total. The summed E-state index contributed by atoms with van der Waals surface area (Å²) in [6.07, 6.45) is 0. The second-order valence-corrected chi connectivity index (χ2v) is 6.50. The first kappa shape index (κ1) is 13.6. The van der Waals surface area contributed by atoms with Crippen LogP contribution >= 0.6 is 23.1 Å². The van der Waals surface area contributed by atoms with Gasteiger partial charge < -0.3 is 4.90 Å². The second kappa shape index (κ2) is 5.54. The van der Waals surface area contributed by atoms with E-state index < -0.39 is 11.6 Å². The standard InChI is InChI=1S/C14H11F2NOS2/c15-10-4-3-9(6-11(10)16)7-17-13(18)8-20-14(17)12-2-1-5-19-12/h1-6,14H,7-8H2. The van der Waals surface area contributed by atoms with E-state index in [4.69, 9.17) is 0 Å². The number of benzene rings is 1. The van der Waals surface area contributed by atoms with Crippen LogP contribution in [-0.4, -0.2) is 16.6 Å². The number of hydrogen-bond donors (Lipinski definition) is 0. The van der Waals surface area contributed by atoms with Gasteiger partial charge in [0.15, 0.2) is 11.6 Å². The third-order valence-electron chi connectivity index (χ3n) is 3.09. The van der Waals surface area contributed by atoms with Crippen LogP contribution in [0.25, 0.3) is 0 Å². The van der Waals surface area contributed by atoms with Crippen LogP contribution in [0.1, 0.15) is 15.8 Å². The highest BCUT2D eigenvalue weighted by Crippen LogP contribution is 2.41. The maximum Gasteiger partial charge on any atom is 0.234 e. The van der Waals surface area contributed by atoms with E-state index in [1.165, 1.54) is 6.07 Å². The van der Waals surface area contributed by atoms with Crippen molar-refractivity contribution in [3.05, 3.63) is 57.8 Å². The summed E-state index contributed by atoms with van der Waals surface area (Å²) in [6.45, 7) is 0.297. The van der Waals surface area contributed by atoms with Gasteiger partial charge in [-0.2, -0.15) is 0 Å². The van der Waals surface area contributed by atoms with Crippen LogP contribution in [-0.2, 0) is 11.3 Å². The summed E-state index contributed by atoms with van der Waals surface area (Å²) in [5.41, 5.74) is 0.598. The Balaban J connectivity index is 1.83. The topological polar surface area (TPSA) is 20.3 Å². The Morgan fingerprint density at radius 2 is 2.10 bits per heavy atom. The quantitative estimate of drug-likeness (QED) is 0.859. The molecular weight excluding hydrogens is 300 g/mol. The van der Waals surface area contributed by atoms with E-state index >= 15 is 0 Å². The monoisotopic (exact) mass is 311 g/mol. The van der Waals surface area contributed by atoms with E-state index in [2.05, 4.69) is 0 Å². The lowest BCUT2D eigenvalue weighted by Gasteiger charge is -2.23. The molecule has 104 valence electrons. The Hall–Kier alpha value is -1.40. The molecule has 1 unspecified atom stereocenters. The van der Waals surface area contributed by atoms with Gasteiger partial charge >= 0.3 is 0 Å². The summed E-state index contributed by atoms with van der Waals surface area (Å²) in [5, 5.41) is 1.93. The Morgan fingerprint density at radius 3 is 2.80 bits per heavy atom. The van der Waals surface area contributed by atoms with Crippen LogP contribution < -0.4 is 0 Å². The summed E-state index contributed by atoms with van der Waals surface area (Å²) in [4.78, 5) is 14.8. The molecule has 0 spiro atoms. The Labute approximate surface area is 123 Å². The van der Waals surface area contributed by atoms with Crippen molar-refractivity contribution in [1.82, 2.24) is 4.90 Å². The number of hydrogen-bond acceptors (Lipinski definition) is 3. The molecule has 2 heterocycles. The molecule has 2 aromatic rings. The van der Waals surface area contributed by atoms with Gasteiger partial charge in [-0.3, -0.25) is 4.79 Å². The van der Waals surface area contributed by atoms with E-state index in [-0.39, 0.29) is 11.3 Å². The number of amides is 1. The number of carbonyl (C=O) groups excluding carboxylic acids is 1. The van der Waals surface area contributed by atoms with Crippen LogP contribution in [0, 0.1) is 11.6 Å². The molecule has 1 fully saturated rings. The molecule has 1 aromatic carbocycles. The molecule has 0 saturated carbocycles. The van der Waals surface area contributed by atoms with Crippen molar-refractivity contribution in [3.63, 3.8) is 0 Å². The number of thiophene rings is 1. The first-order chi connectivity index (χ1) is 9.65. The van der Waals surface area contributed by atoms with Crippen molar-refractivity contribution in [2.24, 2.45) is 0 Å². The fourth-order valence-electron chi connectivity index (χ4n) is 2.13. The molecule has 0 bridgehead atoms. The highest BCUT2D eigenvalue weighted by atomic mass is 32.2. The minimum Gasteiger partial charge on any atom is -0.321 e. The number of thioether (sulfide) groups is 1. The van der Waals surface area contributed by atoms with Gasteiger partial charge in [0.1, 0.15) is 5.37 Å². The number of carbonyl (C=O) groups is 1. The molecule has 1 aliphatic rings. The third kappa shape index (κ3) is 2.58. The van der Waals surface area contributed by atoms with E-state index in [1.54, 1.807) is 28.0 Å². The Morgan fingerprint density at radius 1 is 1.25 bits per heavy atom. The zero-order valence-electron chi connectivity index (χ0n) is 10.4. The van der Waals surface area contributed by atoms with Gasteiger partial charge in [-0.1, -0.05) is 12.1 Å². The van der Waals surface area contributed by atoms with Crippen LogP contribution in [0.3, 0.4) is 0 Å². The highest BCUT2D eigenvalue weighted by molar-refractivity contribution is 8.00. The molecule has 0 N–H and O–H groups in total. The van der Waals surface area contributed by atoms with Crippen molar-refractivity contribution in [2.75, 3.05) is 5.75 Å². The third-order valence-corrected chi connectivity index (χ3v) is 5.40. The minimum absolute atomic E-state index is 0.0260. The molecule has 20 heavy (non-hydrogen) atoms. The molecular formula is C14H11F2NOS2. The first-order valence-corrected chi connectivity index (χ1v) is 7.96. The number of nitrogens with zero attached hydrogens (tertiary/aromatic N) is 1. The summed E-state index contributed by atoms with van der Waals surface area (Å²) in [6, 6.07) is 7.69. The van der Waals surface area contributed by atoms with Crippen LogP contribution in [0.15, 0.2) is 35.7 Å². The average molecular weight is 311 g/mol. The lowest BCUT2D eigenvalue weighted by molar-refractivity contribution is -0.128. The van der Waals surface area contributed by atoms with E-state index in [0.717, 1.165) is 17.0 Å². The van der Waals surface area contributed by atoms with Crippen LogP contribution in [0.4, 0.5) is 8.78 Å². The van der Waals surface area contributed by atoms with Gasteiger partial charge in [-0.05, 0) is 29.1 Å². The zero-order valence-corrected chi connectivity index (χ0v) is 12.0. The van der Waals surface area contributed by atoms with E-state index in [0.29, 0.717) is 17.9 Å². The Bertz CT molecular complexity index is 630. The van der Waals surface area contributed by atoms with Crippen molar-refractivity contribution < 1.29 is 13.6 Å². The molecule has 3 rings (SSSR count). The van der Waals surface area contributed by atoms with E-state index in [1.807, 2.05) is 17.5 Å². The largest absolute Gasteiger partial charge is 0.321 e. The molecule has 0 radical (unpaired) electrons. The van der Waals surface area contributed by atoms with Gasteiger partial charge in [0.25, 0.3) is 0 Å². The van der Waals surface area contributed by atoms with Gasteiger partial charge in [0.05, 0.1) is 5.75 Å². The van der Waals surface area contributed by atoms with Gasteiger partial charge in [0.2, 0.25) is 5.91 Å². The predicted molar refractivity (Wildman–Crippen MR) is 76.4 cm³/mol. The molecule has 1 aromatic heterocycles. The fraction of sp³-hybridized carbons (Fsp3) is 0.214. The smallest absolute Gasteiger partial charge is 0.234 e. The summed E-state index contributed by atoms with van der Waals surface area (Å²) in [7, 11) is 0. The normalized spacial score (nSPS) is 18.8. The molecule has 1 atom stereocenters. The lowest BCUT2D eigenvalue weighted by atomic mass is 10.2. The highest BCUT2D eigenvalue weighted by Gasteiger charge is 2.33. The van der Waals surface area contributed by atoms with Crippen molar-refractivity contribution in [1.29, 1.82) is 0 Å². The molecule has 1 aliphatic heterocycles. The van der Waals surface area contributed by atoms with Gasteiger partial charge in [-0.15, -0.1) is 23.1 Å². The Kier molecular flexibility index (Phi) is 3.76. The van der Waals surface area contributed by atoms with Crippen molar-refractivity contribution in [2.45, 2.75) is 11.9 Å². The average Bonchev–Trinajstić information content (AvgIpc) is 3.05. The van der Waals surface area contributed by atoms with Crippen LogP contribution in [0.2, 0.25) is 0 Å². The molecule has 1 amide bonds. The maximum atomic E-state index is 13.2. The fourth-order valence-corrected chi connectivity index (χ4v) is 4.29. The SMILES string of the molecule is O=C1CSC(c2cccs2)N1Cc1ccc(F)c(F)c1. The molecule has 1 saturated heterocycles. The molecule has 0 aliphatic carbocycles. The molecule has 6 heteroatoms. The summed E-state index contributed by atoms with van der Waals surface area (Å²) < 4.78 is 26.2. The lowest BCUT2D eigenvalue weighted by Crippen LogP contribution is -2.27. The summed E-state index contributed by atoms with van der Waals surface area (Å²) >= 11 is 3.16. The first-order valence-electron chi connectivity index (χ1n) is 6.03. The maximum absolute atomic E-state index is 13.2. The van der Waals surface area contributed by atoms with E-state index in [9.17, 15) is 13.6 Å². The number of halogens is 2. The predicted octanol–water partition coefficient (Wildman–Crippen LogP) is 3.80. The van der Waals surface area contributed by atoms with Crippen molar-refractivity contribution in [3.8, 4) is 0 Å². The zero-order chi connectivity index (χ0) is 14.1. The number of rotatable bonds is 3. The van der Waals surface area contributed by atoms with Gasteiger partial charge in [0, 0.05) is 11.4 Å². The summed E-state index contributed by atoms with van der Waals surface area (Å²) in [5.74, 6) is -1.30. The minimum atomic E-state index is -0.880. The van der Waals surface area contributed by atoms with Crippen molar-refractivity contribution >= 4 is 29.0 Å². The van der Waals surface area contributed by atoms with Gasteiger partial charge in [-0.25, -0.2) is 8.78 Å². The van der Waals surface area contributed by atoms with Crippen LogP contribution in [0.5, 0.6) is 0 Å².